The van der Waals surface area contributed by atoms with Crippen LogP contribution in [0.1, 0.15) is 71.3 Å². The van der Waals surface area contributed by atoms with Crippen LogP contribution in [0.5, 0.6) is 0 Å². The highest BCUT2D eigenvalue weighted by Gasteiger charge is 2.53. The lowest BCUT2D eigenvalue weighted by Crippen LogP contribution is -2.47. The molecular formula is C52H70N14O29P4+2. The van der Waals surface area contributed by atoms with Gasteiger partial charge in [-0.2, -0.15) is 13.4 Å². The number of nitrogens with zero attached hydrogens (tertiary/aromatic N) is 10. The van der Waals surface area contributed by atoms with Crippen molar-refractivity contribution in [2.45, 2.75) is 124 Å². The van der Waals surface area contributed by atoms with Crippen LogP contribution in [-0.4, -0.2) is 224 Å². The van der Waals surface area contributed by atoms with E-state index >= 15 is 0 Å². The number of nitrogens with two attached hydrogens (primary N) is 4. The maximum absolute atomic E-state index is 12.7. The Morgan fingerprint density at radius 1 is 0.535 bits per heavy atom. The first-order chi connectivity index (χ1) is 46.7. The number of hydrogen-bond donors (Lipinski definition) is 16. The molecule has 540 valence electrons. The fourth-order valence-electron chi connectivity index (χ4n) is 10.2. The van der Waals surface area contributed by atoms with Gasteiger partial charge in [0.25, 0.3) is 24.3 Å². The molecule has 47 heteroatoms. The van der Waals surface area contributed by atoms with Crippen molar-refractivity contribution in [1.29, 1.82) is 0 Å². The molecule has 0 radical (unpaired) electrons. The van der Waals surface area contributed by atoms with E-state index in [1.54, 1.807) is 12.3 Å². The van der Waals surface area contributed by atoms with Gasteiger partial charge in [-0.15, -0.1) is 24.7 Å². The molecule has 43 nitrogen and oxygen atoms in total. The summed E-state index contributed by atoms with van der Waals surface area (Å²) in [5.41, 5.74) is 23.3. The van der Waals surface area contributed by atoms with Crippen LogP contribution in [0.2, 0.25) is 0 Å². The van der Waals surface area contributed by atoms with Crippen LogP contribution >= 0.6 is 31.3 Å². The zero-order valence-corrected chi connectivity index (χ0v) is 54.8. The number of terminal acetylenes is 2. The molecule has 2 unspecified atom stereocenters. The second-order valence-electron chi connectivity index (χ2n) is 21.6. The van der Waals surface area contributed by atoms with Crippen molar-refractivity contribution in [2.24, 2.45) is 11.5 Å². The molecule has 0 saturated carbocycles. The van der Waals surface area contributed by atoms with Gasteiger partial charge in [0, 0.05) is 38.2 Å². The highest BCUT2D eigenvalue weighted by atomic mass is 31.3. The van der Waals surface area contributed by atoms with Gasteiger partial charge in [0.1, 0.15) is 95.9 Å². The lowest BCUT2D eigenvalue weighted by molar-refractivity contribution is -0.766. The Kier molecular flexibility index (Phi) is 26.5. The predicted molar refractivity (Wildman–Crippen MR) is 326 cm³/mol. The Hall–Kier alpha value is -6.94. The van der Waals surface area contributed by atoms with Gasteiger partial charge in [0.05, 0.1) is 39.1 Å². The van der Waals surface area contributed by atoms with Gasteiger partial charge in [0.15, 0.2) is 72.4 Å². The average molecular weight is 1480 g/mol. The number of imidazole rings is 2. The molecule has 4 aliphatic rings. The van der Waals surface area contributed by atoms with Crippen molar-refractivity contribution < 1.29 is 148 Å². The van der Waals surface area contributed by atoms with E-state index in [0.717, 1.165) is 6.33 Å². The first-order valence-corrected chi connectivity index (χ1v) is 35.1. The number of phosphoric acid groups is 4. The van der Waals surface area contributed by atoms with Gasteiger partial charge in [-0.1, -0.05) is 0 Å². The third kappa shape index (κ3) is 20.2. The van der Waals surface area contributed by atoms with E-state index in [1.165, 1.54) is 74.0 Å². The number of aliphatic hydroxyl groups excluding tert-OH is 6. The largest absolute Gasteiger partial charge is 0.481 e. The summed E-state index contributed by atoms with van der Waals surface area (Å²) >= 11 is 0. The van der Waals surface area contributed by atoms with Gasteiger partial charge in [-0.05, 0) is 25.0 Å². The van der Waals surface area contributed by atoms with Crippen LogP contribution in [0.15, 0.2) is 74.4 Å². The number of hydrogen-bond acceptors (Lipinski definition) is 31. The third-order valence-electron chi connectivity index (χ3n) is 14.8. The van der Waals surface area contributed by atoms with Crippen molar-refractivity contribution in [2.75, 3.05) is 51.1 Å². The third-order valence-corrected chi connectivity index (χ3v) is 18.4. The Bertz CT molecular complexity index is 4070. The molecule has 99 heavy (non-hydrogen) atoms. The molecule has 4 aliphatic heterocycles. The number of ether oxygens (including phenoxy) is 6. The van der Waals surface area contributed by atoms with Crippen LogP contribution in [0.4, 0.5) is 11.6 Å². The molecule has 0 aliphatic carbocycles. The number of anilines is 2. The second-order valence-corrected chi connectivity index (χ2v) is 27.2. The minimum atomic E-state index is -5.38. The normalized spacial score (nSPS) is 28.1. The molecular weight excluding hydrogens is 1410 g/mol. The standard InChI is InChI=1S/C26H33N7O14P2.C16H21N2O8P.C10H14N5O7P/c1-2-3-4-8-42-21-16(46-25(20(21)36)32-7-5-6-14(9-32)23(28)37)11-44-49(40,41)47-48(38,39)43-10-15-18(34)19(35)26(45-15)33-13-31-17-22(27)29-12-30-24(17)33;1-2-3-4-8-24-14-12(10-25-27(21,22)23)26-16(13(14)19)18-7-5-6-11(9-18)15(17)20;11-8-5-9(13-2-12-8)15(3-14-5)10-7(17)6(16)4(22-10)1-21-23(18,19)20/h1,5-7,9,12-13,15-16,18-21,25-26,34-36H,3-4,8,10-11H2,(H5-,27,28,29,30,37,38,39,40,41);1,5-7,9,12-14,16,19H,3-4,8,10H2,(H3-,17,20,21,22,23);2-4,6-7,10,16-17H,1H2,(H2,11,12,13)(H2,18,19,20)/p+2/t15-,16-,18-,19-,20-,21-,25-,26-;12-,13-,14-,16-;4-,6-,7-,10-/m111/s1. The maximum Gasteiger partial charge on any atom is 0.481 e. The number of phosphoric ester groups is 4. The molecule has 10 rings (SSSR count). The number of carbonyl (C=O) groups excluding carboxylic acids is 2. The van der Waals surface area contributed by atoms with E-state index in [0.29, 0.717) is 31.2 Å². The molecule has 2 amide bonds. The molecule has 4 fully saturated rings. The second kappa shape index (κ2) is 33.7. The first kappa shape index (κ1) is 77.8. The minimum Gasteiger partial charge on any atom is -0.387 e. The van der Waals surface area contributed by atoms with E-state index < -0.39 is 168 Å². The van der Waals surface area contributed by atoms with E-state index in [2.05, 4.69) is 55.1 Å². The van der Waals surface area contributed by atoms with Crippen molar-refractivity contribution >= 4 is 77.1 Å². The van der Waals surface area contributed by atoms with Crippen LogP contribution in [0, 0.1) is 24.7 Å². The number of fused-ring (bicyclic) bond motifs is 2. The summed E-state index contributed by atoms with van der Waals surface area (Å²) in [6.45, 7) is -2.47. The number of nitrogen functional groups attached to an aromatic ring is 2. The zero-order valence-electron chi connectivity index (χ0n) is 51.3. The van der Waals surface area contributed by atoms with Gasteiger partial charge in [-0.25, -0.2) is 48.2 Å². The van der Waals surface area contributed by atoms with E-state index in [-0.39, 0.29) is 52.8 Å². The van der Waals surface area contributed by atoms with Crippen molar-refractivity contribution in [1.82, 2.24) is 39.0 Å². The van der Waals surface area contributed by atoms with E-state index in [4.69, 9.17) is 92.8 Å². The summed E-state index contributed by atoms with van der Waals surface area (Å²) in [5.74, 6) is 3.71. The fourth-order valence-corrected chi connectivity index (χ4v) is 12.9. The van der Waals surface area contributed by atoms with Crippen molar-refractivity contribution in [3.63, 3.8) is 0 Å². The zero-order chi connectivity index (χ0) is 72.3. The maximum atomic E-state index is 12.7. The highest BCUT2D eigenvalue weighted by molar-refractivity contribution is 7.61. The smallest absolute Gasteiger partial charge is 0.387 e. The number of amides is 2. The molecule has 6 aromatic heterocycles. The van der Waals surface area contributed by atoms with Crippen LogP contribution in [-0.2, 0) is 69.1 Å². The Labute approximate surface area is 558 Å². The summed E-state index contributed by atoms with van der Waals surface area (Å²) in [6.07, 6.45) is 2.99. The summed E-state index contributed by atoms with van der Waals surface area (Å²) in [5, 5.41) is 62.8. The van der Waals surface area contributed by atoms with Crippen LogP contribution in [0.25, 0.3) is 22.3 Å². The van der Waals surface area contributed by atoms with Gasteiger partial charge in [-0.3, -0.25) is 36.8 Å². The molecule has 18 atom stereocenters. The van der Waals surface area contributed by atoms with E-state index in [1.807, 2.05) is 0 Å². The number of pyridine rings is 2. The lowest BCUT2D eigenvalue weighted by atomic mass is 10.1. The predicted octanol–water partition coefficient (Wildman–Crippen LogP) is -4.20. The SMILES string of the molecule is C#CCCCO[C@H]1[C@@H](O)[C@H]([n+]2cccc(C(N)=O)c2)O[C@@H]1COP(=O)(O)O.C#CCCCO[C@H]1[C@@H](O)[C@H]([n+]2cccc(C(N)=O)c2)O[C@@H]1COP(=O)(O)OP(=O)(O)OC[C@H]1O[C@@H](n2cnc3c(N)ncnc32)[C@H](O)[C@@H]1O.Nc1ncnc2c1ncn2[C@@H]1O[C@H](COP(=O)(O)O)[C@@H](O)[C@H]1O. The highest BCUT2D eigenvalue weighted by Crippen LogP contribution is 2.61. The van der Waals surface area contributed by atoms with Gasteiger partial charge >= 0.3 is 31.3 Å². The molecule has 0 bridgehead atoms. The van der Waals surface area contributed by atoms with Crippen LogP contribution in [0.3, 0.4) is 0 Å². The number of rotatable bonds is 28. The fraction of sp³-hybridized carbons (Fsp3) is 0.500. The molecule has 4 saturated heterocycles. The Morgan fingerprint density at radius 3 is 1.28 bits per heavy atom. The number of unbranched alkanes of at least 4 members (excludes halogenated alkanes) is 2. The summed E-state index contributed by atoms with van der Waals surface area (Å²) in [4.78, 5) is 102. The van der Waals surface area contributed by atoms with Gasteiger partial charge < -0.3 is 111 Å². The number of carbonyl (C=O) groups is 2. The molecule has 0 spiro atoms. The molecule has 6 aromatic rings. The summed E-state index contributed by atoms with van der Waals surface area (Å²) in [6, 6.07) is 5.98. The average Bonchev–Trinajstić information content (AvgIpc) is 1.65. The molecule has 10 heterocycles. The lowest BCUT2D eigenvalue weighted by Gasteiger charge is -2.22. The Morgan fingerprint density at radius 2 is 0.909 bits per heavy atom. The number of primary amides is 2. The minimum absolute atomic E-state index is 0.0539. The van der Waals surface area contributed by atoms with E-state index in [9.17, 15) is 68.3 Å². The topological polar surface area (TPSA) is 646 Å². The molecule has 0 aromatic carbocycles. The molecule has 20 N–H and O–H groups in total. The van der Waals surface area contributed by atoms with Crippen molar-refractivity contribution in [3.8, 4) is 24.7 Å². The van der Waals surface area contributed by atoms with Gasteiger partial charge in [0.2, 0.25) is 0 Å². The van der Waals surface area contributed by atoms with Crippen LogP contribution < -0.4 is 32.1 Å². The van der Waals surface area contributed by atoms with Crippen molar-refractivity contribution in [3.05, 3.63) is 85.5 Å². The number of aromatic nitrogens is 10. The summed E-state index contributed by atoms with van der Waals surface area (Å²) < 4.78 is 109. The first-order valence-electron chi connectivity index (χ1n) is 29.1. The number of aliphatic hydroxyl groups is 6. The Balaban J connectivity index is 0.000000209. The monoisotopic (exact) mass is 1480 g/mol. The quantitative estimate of drug-likeness (QED) is 0.00958. The summed E-state index contributed by atoms with van der Waals surface area (Å²) in [7, 11) is -20.2.